The molecule has 0 spiro atoms. The van der Waals surface area contributed by atoms with Gasteiger partial charge in [-0.1, -0.05) is 101 Å². The van der Waals surface area contributed by atoms with Gasteiger partial charge in [-0.3, -0.25) is 0 Å². The average Bonchev–Trinajstić information content (AvgIpc) is 2.83. The van der Waals surface area contributed by atoms with Crippen LogP contribution in [0.3, 0.4) is 0 Å². The molecule has 1 aromatic heterocycles. The highest BCUT2D eigenvalue weighted by molar-refractivity contribution is 6.89. The lowest BCUT2D eigenvalue weighted by molar-refractivity contribution is 0.0153. The van der Waals surface area contributed by atoms with Crippen LogP contribution in [0.25, 0.3) is 21.7 Å². The van der Waals surface area contributed by atoms with Gasteiger partial charge in [-0.15, -0.1) is 0 Å². The predicted octanol–water partition coefficient (Wildman–Crippen LogP) is 7.86. The molecule has 0 radical (unpaired) electrons. The molecule has 0 bridgehead atoms. The first-order chi connectivity index (χ1) is 16.0. The van der Waals surface area contributed by atoms with Crippen LogP contribution in [0.5, 0.6) is 5.88 Å². The van der Waals surface area contributed by atoms with Crippen LogP contribution in [0.1, 0.15) is 65.7 Å². The molecule has 33 heavy (non-hydrogen) atoms. The second kappa shape index (κ2) is 12.5. The number of benzene rings is 2. The molecule has 3 nitrogen and oxygen atoms in total. The van der Waals surface area contributed by atoms with E-state index >= 15 is 0 Å². The Labute approximate surface area is 201 Å². The number of rotatable bonds is 14. The van der Waals surface area contributed by atoms with Crippen molar-refractivity contribution in [3.05, 3.63) is 42.5 Å². The van der Waals surface area contributed by atoms with E-state index in [-0.39, 0.29) is 6.10 Å². The van der Waals surface area contributed by atoms with Crippen molar-refractivity contribution in [1.29, 1.82) is 0 Å². The molecule has 0 N–H and O–H groups in total. The molecule has 4 heteroatoms. The van der Waals surface area contributed by atoms with Gasteiger partial charge in [0.25, 0.3) is 0 Å². The van der Waals surface area contributed by atoms with Crippen LogP contribution in [0, 0.1) is 0 Å². The van der Waals surface area contributed by atoms with Gasteiger partial charge in [0.15, 0.2) is 0 Å². The zero-order valence-electron chi connectivity index (χ0n) is 21.5. The van der Waals surface area contributed by atoms with E-state index in [9.17, 15) is 0 Å². The molecule has 3 rings (SSSR count). The Bertz CT molecular complexity index is 1020. The van der Waals surface area contributed by atoms with Crippen LogP contribution in [-0.4, -0.2) is 32.4 Å². The van der Waals surface area contributed by atoms with Crippen molar-refractivity contribution in [2.45, 2.75) is 91.0 Å². The molecular weight excluding hydrogens is 422 g/mol. The van der Waals surface area contributed by atoms with Gasteiger partial charge in [0.05, 0.1) is 19.7 Å². The minimum Gasteiger partial charge on any atom is -0.475 e. The molecule has 1 unspecified atom stereocenters. The second-order valence-electron chi connectivity index (χ2n) is 9.98. The van der Waals surface area contributed by atoms with Crippen LogP contribution < -0.4 is 9.92 Å². The van der Waals surface area contributed by atoms with Crippen LogP contribution in [0.2, 0.25) is 19.1 Å². The highest BCUT2D eigenvalue weighted by atomic mass is 28.3. The largest absolute Gasteiger partial charge is 0.475 e. The summed E-state index contributed by atoms with van der Waals surface area (Å²) < 4.78 is 12.0. The fourth-order valence-electron chi connectivity index (χ4n) is 4.43. The Balaban J connectivity index is 1.69. The lowest BCUT2D eigenvalue weighted by Gasteiger charge is -2.23. The first-order valence-corrected chi connectivity index (χ1v) is 16.3. The van der Waals surface area contributed by atoms with Crippen LogP contribution in [-0.2, 0) is 4.74 Å². The van der Waals surface area contributed by atoms with E-state index in [1.54, 1.807) is 5.19 Å². The number of unbranched alkanes of at least 4 members (excludes halogenated alkanes) is 4. The summed E-state index contributed by atoms with van der Waals surface area (Å²) in [7, 11) is -1.38. The number of fused-ring (bicyclic) bond motifs is 3. The summed E-state index contributed by atoms with van der Waals surface area (Å²) in [5, 5.41) is 5.34. The minimum absolute atomic E-state index is 0.124. The molecule has 0 fully saturated rings. The van der Waals surface area contributed by atoms with Crippen molar-refractivity contribution in [1.82, 2.24) is 4.98 Å². The SMILES string of the molecule is CCCCCCOC(CC)COc1ccc2c(ccc3cc([Si](C)(C)CCCC)ccc32)n1. The Morgan fingerprint density at radius 3 is 2.39 bits per heavy atom. The van der Waals surface area contributed by atoms with E-state index in [2.05, 4.69) is 70.3 Å². The second-order valence-corrected chi connectivity index (χ2v) is 14.8. The number of hydrogen-bond acceptors (Lipinski definition) is 3. The maximum atomic E-state index is 6.03. The minimum atomic E-state index is -1.38. The average molecular weight is 466 g/mol. The van der Waals surface area contributed by atoms with Crippen LogP contribution in [0.4, 0.5) is 0 Å². The Morgan fingerprint density at radius 2 is 1.64 bits per heavy atom. The topological polar surface area (TPSA) is 31.4 Å². The zero-order valence-corrected chi connectivity index (χ0v) is 22.5. The van der Waals surface area contributed by atoms with E-state index in [1.807, 2.05) is 6.07 Å². The number of ether oxygens (including phenoxy) is 2. The standard InChI is InChI=1S/C29H43NO2Si/c1-6-9-11-12-19-31-24(8-3)22-32-29-18-16-27-26-15-14-25(33(4,5)20-10-7-2)21-23(26)13-17-28(27)30-29/h13-18,21,24H,6-12,19-20,22H2,1-5H3. The van der Waals surface area contributed by atoms with Crippen molar-refractivity contribution in [2.24, 2.45) is 0 Å². The summed E-state index contributed by atoms with van der Waals surface area (Å²) in [6, 6.07) is 17.0. The number of pyridine rings is 1. The summed E-state index contributed by atoms with van der Waals surface area (Å²) >= 11 is 0. The molecule has 0 aliphatic carbocycles. The third-order valence-corrected chi connectivity index (χ3v) is 10.3. The fourth-order valence-corrected chi connectivity index (χ4v) is 7.04. The van der Waals surface area contributed by atoms with Crippen molar-refractivity contribution >= 4 is 34.9 Å². The molecule has 0 saturated heterocycles. The van der Waals surface area contributed by atoms with Gasteiger partial charge < -0.3 is 9.47 Å². The fraction of sp³-hybridized carbons (Fsp3) is 0.552. The van der Waals surface area contributed by atoms with Crippen molar-refractivity contribution in [2.75, 3.05) is 13.2 Å². The number of nitrogens with zero attached hydrogens (tertiary/aromatic N) is 1. The van der Waals surface area contributed by atoms with E-state index in [1.165, 1.54) is 54.3 Å². The summed E-state index contributed by atoms with van der Waals surface area (Å²) in [4.78, 5) is 4.80. The molecule has 2 aromatic carbocycles. The first kappa shape index (κ1) is 25.7. The molecule has 1 atom stereocenters. The molecule has 0 saturated carbocycles. The molecule has 180 valence electrons. The van der Waals surface area contributed by atoms with Crippen molar-refractivity contribution < 1.29 is 9.47 Å². The number of hydrogen-bond donors (Lipinski definition) is 0. The highest BCUT2D eigenvalue weighted by Gasteiger charge is 2.22. The van der Waals surface area contributed by atoms with E-state index in [0.717, 1.165) is 25.0 Å². The summed E-state index contributed by atoms with van der Waals surface area (Å²) in [6.07, 6.45) is 8.58. The molecular formula is C29H43NO2Si. The third kappa shape index (κ3) is 7.03. The summed E-state index contributed by atoms with van der Waals surface area (Å²) in [6.45, 7) is 13.0. The molecule has 0 amide bonds. The first-order valence-electron chi connectivity index (χ1n) is 13.1. The molecule has 0 aliphatic rings. The molecule has 3 aromatic rings. The van der Waals surface area contributed by atoms with Gasteiger partial charge in [-0.2, -0.15) is 0 Å². The van der Waals surface area contributed by atoms with E-state index in [0.29, 0.717) is 12.5 Å². The monoisotopic (exact) mass is 465 g/mol. The Hall–Kier alpha value is -1.91. The third-order valence-electron chi connectivity index (χ3n) is 6.82. The Kier molecular flexibility index (Phi) is 9.75. The van der Waals surface area contributed by atoms with Crippen LogP contribution >= 0.6 is 0 Å². The van der Waals surface area contributed by atoms with Gasteiger partial charge in [0.2, 0.25) is 5.88 Å². The quantitative estimate of drug-likeness (QED) is 0.138. The maximum Gasteiger partial charge on any atom is 0.213 e. The van der Waals surface area contributed by atoms with E-state index in [4.69, 9.17) is 14.5 Å². The van der Waals surface area contributed by atoms with Crippen molar-refractivity contribution in [3.8, 4) is 5.88 Å². The Morgan fingerprint density at radius 1 is 0.848 bits per heavy atom. The molecule has 0 aliphatic heterocycles. The van der Waals surface area contributed by atoms with Gasteiger partial charge in [-0.05, 0) is 35.7 Å². The maximum absolute atomic E-state index is 6.03. The normalized spacial score (nSPS) is 13.0. The lowest BCUT2D eigenvalue weighted by Crippen LogP contribution is -2.40. The molecule has 1 heterocycles. The van der Waals surface area contributed by atoms with Gasteiger partial charge >= 0.3 is 0 Å². The predicted molar refractivity (Wildman–Crippen MR) is 146 cm³/mol. The smallest absolute Gasteiger partial charge is 0.213 e. The van der Waals surface area contributed by atoms with Crippen molar-refractivity contribution in [3.63, 3.8) is 0 Å². The summed E-state index contributed by atoms with van der Waals surface area (Å²) in [5.41, 5.74) is 0.990. The summed E-state index contributed by atoms with van der Waals surface area (Å²) in [5.74, 6) is 0.680. The lowest BCUT2D eigenvalue weighted by atomic mass is 10.1. The van der Waals surface area contributed by atoms with E-state index < -0.39 is 8.07 Å². The zero-order chi connectivity index (χ0) is 23.7. The van der Waals surface area contributed by atoms with Crippen LogP contribution in [0.15, 0.2) is 42.5 Å². The van der Waals surface area contributed by atoms with Gasteiger partial charge in [0, 0.05) is 18.1 Å². The van der Waals surface area contributed by atoms with Gasteiger partial charge in [0.1, 0.15) is 6.61 Å². The van der Waals surface area contributed by atoms with Gasteiger partial charge in [-0.25, -0.2) is 4.98 Å². The highest BCUT2D eigenvalue weighted by Crippen LogP contribution is 2.27. The number of aromatic nitrogens is 1.